The highest BCUT2D eigenvalue weighted by atomic mass is 32.1. The molecule has 2 nitrogen and oxygen atoms in total. The SMILES string of the molecule is C[CH]c1csc(Oc2ccccc2)n1. The Bertz CT molecular complexity index is 397. The molecule has 1 aromatic carbocycles. The lowest BCUT2D eigenvalue weighted by atomic mass is 10.3. The molecule has 0 fully saturated rings. The van der Waals surface area contributed by atoms with E-state index in [1.54, 1.807) is 0 Å². The molecule has 0 amide bonds. The minimum atomic E-state index is 0.685. The van der Waals surface area contributed by atoms with Crippen LogP contribution in [0.4, 0.5) is 0 Å². The third-order valence-corrected chi connectivity index (χ3v) is 2.48. The van der Waals surface area contributed by atoms with Gasteiger partial charge in [-0.2, -0.15) is 0 Å². The molecule has 71 valence electrons. The van der Waals surface area contributed by atoms with Gasteiger partial charge in [0, 0.05) is 11.8 Å². The van der Waals surface area contributed by atoms with Crippen LogP contribution in [0.3, 0.4) is 0 Å². The Balaban J connectivity index is 2.11. The summed E-state index contributed by atoms with van der Waals surface area (Å²) < 4.78 is 5.55. The van der Waals surface area contributed by atoms with E-state index in [2.05, 4.69) is 4.98 Å². The molecule has 2 rings (SSSR count). The van der Waals surface area contributed by atoms with Crippen LogP contribution in [0, 0.1) is 6.42 Å². The summed E-state index contributed by atoms with van der Waals surface area (Å²) >= 11 is 1.50. The first-order valence-electron chi connectivity index (χ1n) is 4.36. The van der Waals surface area contributed by atoms with Crippen LogP contribution in [-0.2, 0) is 0 Å². The number of aromatic nitrogens is 1. The average molecular weight is 204 g/mol. The van der Waals surface area contributed by atoms with Gasteiger partial charge in [0.1, 0.15) is 5.75 Å². The van der Waals surface area contributed by atoms with E-state index in [-0.39, 0.29) is 0 Å². The van der Waals surface area contributed by atoms with Gasteiger partial charge in [-0.25, -0.2) is 4.98 Å². The van der Waals surface area contributed by atoms with Crippen molar-refractivity contribution in [1.82, 2.24) is 4.98 Å². The van der Waals surface area contributed by atoms with Gasteiger partial charge < -0.3 is 4.74 Å². The molecular formula is C11H10NOS. The van der Waals surface area contributed by atoms with Crippen LogP contribution in [0.5, 0.6) is 10.9 Å². The maximum Gasteiger partial charge on any atom is 0.278 e. The lowest BCUT2D eigenvalue weighted by molar-refractivity contribution is 0.478. The van der Waals surface area contributed by atoms with Gasteiger partial charge in [0.25, 0.3) is 5.19 Å². The Morgan fingerprint density at radius 3 is 2.71 bits per heavy atom. The van der Waals surface area contributed by atoms with E-state index < -0.39 is 0 Å². The number of rotatable bonds is 3. The van der Waals surface area contributed by atoms with Gasteiger partial charge in [0.2, 0.25) is 0 Å². The van der Waals surface area contributed by atoms with Gasteiger partial charge in [0.05, 0.1) is 5.69 Å². The normalized spacial score (nSPS) is 10.1. The molecule has 1 radical (unpaired) electrons. The second kappa shape index (κ2) is 4.24. The molecule has 0 spiro atoms. The van der Waals surface area contributed by atoms with Crippen molar-refractivity contribution in [2.75, 3.05) is 0 Å². The number of nitrogens with zero attached hydrogens (tertiary/aromatic N) is 1. The summed E-state index contributed by atoms with van der Waals surface area (Å²) in [4.78, 5) is 4.26. The third-order valence-electron chi connectivity index (χ3n) is 1.75. The molecule has 0 N–H and O–H groups in total. The Morgan fingerprint density at radius 2 is 2.07 bits per heavy atom. The van der Waals surface area contributed by atoms with E-state index in [4.69, 9.17) is 4.74 Å². The van der Waals surface area contributed by atoms with Crippen molar-refractivity contribution in [2.45, 2.75) is 6.92 Å². The molecule has 0 aliphatic rings. The zero-order valence-corrected chi connectivity index (χ0v) is 8.62. The Kier molecular flexibility index (Phi) is 2.79. The van der Waals surface area contributed by atoms with Crippen LogP contribution < -0.4 is 4.74 Å². The van der Waals surface area contributed by atoms with E-state index in [0.29, 0.717) is 5.19 Å². The van der Waals surface area contributed by atoms with Crippen LogP contribution in [0.1, 0.15) is 12.6 Å². The van der Waals surface area contributed by atoms with E-state index in [9.17, 15) is 0 Å². The minimum Gasteiger partial charge on any atom is -0.431 e. The van der Waals surface area contributed by atoms with Crippen molar-refractivity contribution in [3.8, 4) is 10.9 Å². The fourth-order valence-electron chi connectivity index (χ4n) is 1.04. The summed E-state index contributed by atoms with van der Waals surface area (Å²) in [5, 5.41) is 2.66. The van der Waals surface area contributed by atoms with Crippen LogP contribution in [-0.4, -0.2) is 4.98 Å². The number of hydrogen-bond donors (Lipinski definition) is 0. The smallest absolute Gasteiger partial charge is 0.278 e. The zero-order valence-electron chi connectivity index (χ0n) is 7.81. The van der Waals surface area contributed by atoms with Gasteiger partial charge in [-0.1, -0.05) is 36.5 Å². The van der Waals surface area contributed by atoms with Gasteiger partial charge in [0.15, 0.2) is 0 Å². The zero-order chi connectivity index (χ0) is 9.80. The molecular weight excluding hydrogens is 194 g/mol. The number of benzene rings is 1. The quantitative estimate of drug-likeness (QED) is 0.763. The van der Waals surface area contributed by atoms with E-state index >= 15 is 0 Å². The average Bonchev–Trinajstić information content (AvgIpc) is 2.67. The van der Waals surface area contributed by atoms with Crippen molar-refractivity contribution >= 4 is 11.3 Å². The Morgan fingerprint density at radius 1 is 1.29 bits per heavy atom. The van der Waals surface area contributed by atoms with E-state index in [1.165, 1.54) is 11.3 Å². The van der Waals surface area contributed by atoms with Crippen LogP contribution >= 0.6 is 11.3 Å². The molecule has 2 aromatic rings. The third kappa shape index (κ3) is 2.12. The van der Waals surface area contributed by atoms with Gasteiger partial charge in [-0.3, -0.25) is 0 Å². The van der Waals surface area contributed by atoms with Gasteiger partial charge in [-0.05, 0) is 12.1 Å². The molecule has 1 aromatic heterocycles. The Hall–Kier alpha value is -1.35. The molecule has 0 unspecified atom stereocenters. The molecule has 0 aliphatic carbocycles. The second-order valence-electron chi connectivity index (χ2n) is 2.74. The first-order chi connectivity index (χ1) is 6.88. The predicted molar refractivity (Wildman–Crippen MR) is 57.7 cm³/mol. The first-order valence-corrected chi connectivity index (χ1v) is 5.24. The van der Waals surface area contributed by atoms with Crippen molar-refractivity contribution in [1.29, 1.82) is 0 Å². The summed E-state index contributed by atoms with van der Waals surface area (Å²) in [5.74, 6) is 0.824. The van der Waals surface area contributed by atoms with E-state index in [1.807, 2.05) is 49.1 Å². The van der Waals surface area contributed by atoms with Crippen molar-refractivity contribution in [2.24, 2.45) is 0 Å². The summed E-state index contributed by atoms with van der Waals surface area (Å²) in [6.07, 6.45) is 1.95. The second-order valence-corrected chi connectivity index (χ2v) is 3.56. The molecule has 0 saturated carbocycles. The summed E-state index contributed by atoms with van der Waals surface area (Å²) in [6.45, 7) is 1.96. The summed E-state index contributed by atoms with van der Waals surface area (Å²) in [7, 11) is 0. The first kappa shape index (κ1) is 9.21. The van der Waals surface area contributed by atoms with Crippen LogP contribution in [0.15, 0.2) is 35.7 Å². The predicted octanol–water partition coefficient (Wildman–Crippen LogP) is 3.51. The molecule has 0 aliphatic heterocycles. The van der Waals surface area contributed by atoms with Crippen molar-refractivity contribution < 1.29 is 4.74 Å². The molecule has 0 bridgehead atoms. The summed E-state index contributed by atoms with van der Waals surface area (Å²) in [5.41, 5.74) is 0.959. The van der Waals surface area contributed by atoms with Gasteiger partial charge >= 0.3 is 0 Å². The molecule has 1 heterocycles. The highest BCUT2D eigenvalue weighted by Crippen LogP contribution is 2.25. The maximum atomic E-state index is 5.55. The van der Waals surface area contributed by atoms with Gasteiger partial charge in [-0.15, -0.1) is 0 Å². The number of para-hydroxylation sites is 1. The largest absolute Gasteiger partial charge is 0.431 e. The van der Waals surface area contributed by atoms with Crippen molar-refractivity contribution in [3.63, 3.8) is 0 Å². The lowest BCUT2D eigenvalue weighted by Gasteiger charge is -1.99. The fourth-order valence-corrected chi connectivity index (χ4v) is 1.75. The highest BCUT2D eigenvalue weighted by Gasteiger charge is 2.01. The highest BCUT2D eigenvalue weighted by molar-refractivity contribution is 7.11. The molecule has 0 atom stereocenters. The Labute approximate surface area is 87.2 Å². The lowest BCUT2D eigenvalue weighted by Crippen LogP contribution is -1.83. The maximum absolute atomic E-state index is 5.55. The van der Waals surface area contributed by atoms with E-state index in [0.717, 1.165) is 11.4 Å². The van der Waals surface area contributed by atoms with Crippen molar-refractivity contribution in [3.05, 3.63) is 47.8 Å². The molecule has 14 heavy (non-hydrogen) atoms. The fraction of sp³-hybridized carbons (Fsp3) is 0.0909. The van der Waals surface area contributed by atoms with Crippen LogP contribution in [0.25, 0.3) is 0 Å². The summed E-state index contributed by atoms with van der Waals surface area (Å²) in [6, 6.07) is 9.67. The van der Waals surface area contributed by atoms with Crippen LogP contribution in [0.2, 0.25) is 0 Å². The minimum absolute atomic E-state index is 0.685. The number of hydrogen-bond acceptors (Lipinski definition) is 3. The number of ether oxygens (including phenoxy) is 1. The molecule has 3 heteroatoms. The molecule has 0 saturated heterocycles. The monoisotopic (exact) mass is 204 g/mol. The number of thiazole rings is 1. The topological polar surface area (TPSA) is 22.1 Å². The standard InChI is InChI=1S/C11H10NOS/c1-2-9-8-14-11(12-9)13-10-6-4-3-5-7-10/h2-8H,1H3.